The van der Waals surface area contributed by atoms with Gasteiger partial charge in [-0.3, -0.25) is 14.5 Å². The van der Waals surface area contributed by atoms with Crippen molar-refractivity contribution in [3.63, 3.8) is 0 Å². The highest BCUT2D eigenvalue weighted by Gasteiger charge is 2.25. The van der Waals surface area contributed by atoms with Gasteiger partial charge in [0.1, 0.15) is 0 Å². The van der Waals surface area contributed by atoms with Crippen LogP contribution < -0.4 is 5.32 Å². The minimum atomic E-state index is -0.108. The average Bonchev–Trinajstić information content (AvgIpc) is 3.17. The second-order valence-electron chi connectivity index (χ2n) is 7.23. The average molecular weight is 384 g/mol. The normalized spacial score (nSPS) is 16.0. The van der Waals surface area contributed by atoms with Gasteiger partial charge in [0, 0.05) is 32.2 Å². The topological polar surface area (TPSA) is 83.4 Å². The summed E-state index contributed by atoms with van der Waals surface area (Å²) in [6.45, 7) is 7.53. The zero-order valence-corrected chi connectivity index (χ0v) is 16.5. The van der Waals surface area contributed by atoms with Crippen molar-refractivity contribution in [1.82, 2.24) is 30.1 Å². The lowest BCUT2D eigenvalue weighted by atomic mass is 10.2. The number of nitrogens with zero attached hydrogens (tertiary/aromatic N) is 5. The molecular weight excluding hydrogens is 356 g/mol. The summed E-state index contributed by atoms with van der Waals surface area (Å²) in [6.07, 6.45) is 2.61. The molecule has 1 atom stereocenters. The van der Waals surface area contributed by atoms with E-state index in [4.69, 9.17) is 0 Å². The van der Waals surface area contributed by atoms with Crippen molar-refractivity contribution in [1.29, 1.82) is 0 Å². The van der Waals surface area contributed by atoms with Gasteiger partial charge in [-0.1, -0.05) is 42.5 Å². The third kappa shape index (κ3) is 5.39. The molecule has 0 spiro atoms. The summed E-state index contributed by atoms with van der Waals surface area (Å²) in [5, 5.41) is 11.1. The maximum Gasteiger partial charge on any atom is 0.276 e. The SMILES string of the molecule is CCC(C)NC(=O)CN1CCN(C(=O)c2cn(Cc3ccccc3)nn2)CC1. The number of aromatic nitrogens is 3. The maximum absolute atomic E-state index is 12.7. The first-order valence-electron chi connectivity index (χ1n) is 9.80. The number of benzene rings is 1. The molecule has 150 valence electrons. The molecule has 28 heavy (non-hydrogen) atoms. The fourth-order valence-corrected chi connectivity index (χ4v) is 3.14. The molecule has 1 N–H and O–H groups in total. The van der Waals surface area contributed by atoms with Crippen LogP contribution in [0.25, 0.3) is 0 Å². The van der Waals surface area contributed by atoms with Crippen LogP contribution in [0.1, 0.15) is 36.3 Å². The Hall–Kier alpha value is -2.74. The summed E-state index contributed by atoms with van der Waals surface area (Å²) in [7, 11) is 0. The van der Waals surface area contributed by atoms with Crippen LogP contribution in [0.5, 0.6) is 0 Å². The standard InChI is InChI=1S/C20H28N6O2/c1-3-16(2)21-19(27)15-24-9-11-25(12-10-24)20(28)18-14-26(23-22-18)13-17-7-5-4-6-8-17/h4-8,14,16H,3,9-13,15H2,1-2H3,(H,21,27). The highest BCUT2D eigenvalue weighted by molar-refractivity contribution is 5.92. The molecule has 8 heteroatoms. The number of carbonyl (C=O) groups excluding carboxylic acids is 2. The second kappa shape index (κ2) is 9.45. The minimum absolute atomic E-state index is 0.0398. The van der Waals surface area contributed by atoms with Crippen LogP contribution in [-0.2, 0) is 11.3 Å². The number of nitrogens with one attached hydrogen (secondary N) is 1. The second-order valence-corrected chi connectivity index (χ2v) is 7.23. The van der Waals surface area contributed by atoms with E-state index in [2.05, 4.69) is 20.5 Å². The monoisotopic (exact) mass is 384 g/mol. The molecule has 2 amide bonds. The highest BCUT2D eigenvalue weighted by atomic mass is 16.2. The third-order valence-electron chi connectivity index (χ3n) is 4.99. The summed E-state index contributed by atoms with van der Waals surface area (Å²) < 4.78 is 1.68. The molecule has 1 unspecified atom stereocenters. The maximum atomic E-state index is 12.7. The van der Waals surface area contributed by atoms with Crippen LogP contribution in [0.2, 0.25) is 0 Å². The zero-order chi connectivity index (χ0) is 19.9. The van der Waals surface area contributed by atoms with Crippen molar-refractivity contribution in [2.45, 2.75) is 32.9 Å². The molecule has 1 aliphatic rings. The lowest BCUT2D eigenvalue weighted by Crippen LogP contribution is -2.51. The van der Waals surface area contributed by atoms with Gasteiger partial charge in [-0.15, -0.1) is 5.10 Å². The summed E-state index contributed by atoms with van der Waals surface area (Å²) >= 11 is 0. The Kier molecular flexibility index (Phi) is 6.76. The minimum Gasteiger partial charge on any atom is -0.353 e. The van der Waals surface area contributed by atoms with Gasteiger partial charge >= 0.3 is 0 Å². The van der Waals surface area contributed by atoms with Gasteiger partial charge in [0.2, 0.25) is 5.91 Å². The van der Waals surface area contributed by atoms with Crippen molar-refractivity contribution in [2.75, 3.05) is 32.7 Å². The lowest BCUT2D eigenvalue weighted by molar-refractivity contribution is -0.123. The van der Waals surface area contributed by atoms with Crippen LogP contribution in [0.15, 0.2) is 36.5 Å². The molecule has 2 heterocycles. The molecule has 1 fully saturated rings. The summed E-state index contributed by atoms with van der Waals surface area (Å²) in [4.78, 5) is 28.6. The van der Waals surface area contributed by atoms with E-state index in [1.807, 2.05) is 44.2 Å². The van der Waals surface area contributed by atoms with E-state index in [0.717, 1.165) is 12.0 Å². The van der Waals surface area contributed by atoms with Crippen LogP contribution in [-0.4, -0.2) is 75.4 Å². The van der Waals surface area contributed by atoms with Crippen molar-refractivity contribution in [3.05, 3.63) is 47.8 Å². The number of rotatable bonds is 7. The molecule has 0 saturated carbocycles. The first-order valence-corrected chi connectivity index (χ1v) is 9.80. The van der Waals surface area contributed by atoms with Gasteiger partial charge in [-0.2, -0.15) is 0 Å². The van der Waals surface area contributed by atoms with E-state index in [1.54, 1.807) is 15.8 Å². The molecule has 0 bridgehead atoms. The van der Waals surface area contributed by atoms with Crippen LogP contribution in [0.3, 0.4) is 0 Å². The van der Waals surface area contributed by atoms with Gasteiger partial charge in [0.25, 0.3) is 5.91 Å². The van der Waals surface area contributed by atoms with Gasteiger partial charge in [0.05, 0.1) is 19.3 Å². The Morgan fingerprint density at radius 2 is 1.86 bits per heavy atom. The van der Waals surface area contributed by atoms with Crippen LogP contribution >= 0.6 is 0 Å². The molecule has 1 aromatic carbocycles. The van der Waals surface area contributed by atoms with Crippen molar-refractivity contribution < 1.29 is 9.59 Å². The lowest BCUT2D eigenvalue weighted by Gasteiger charge is -2.34. The molecule has 1 aliphatic heterocycles. The summed E-state index contributed by atoms with van der Waals surface area (Å²) in [6, 6.07) is 10.1. The Morgan fingerprint density at radius 3 is 2.54 bits per heavy atom. The van der Waals surface area contributed by atoms with Gasteiger partial charge in [-0.25, -0.2) is 4.68 Å². The Balaban J connectivity index is 1.48. The van der Waals surface area contributed by atoms with E-state index in [9.17, 15) is 9.59 Å². The zero-order valence-electron chi connectivity index (χ0n) is 16.5. The third-order valence-corrected chi connectivity index (χ3v) is 4.99. The molecule has 2 aromatic rings. The first kappa shape index (κ1) is 20.0. The Labute approximate surface area is 165 Å². The van der Waals surface area contributed by atoms with Crippen LogP contribution in [0, 0.1) is 0 Å². The number of hydrogen-bond acceptors (Lipinski definition) is 5. The Morgan fingerprint density at radius 1 is 1.14 bits per heavy atom. The Bertz CT molecular complexity index is 783. The molecule has 8 nitrogen and oxygen atoms in total. The molecule has 3 rings (SSSR count). The van der Waals surface area contributed by atoms with Crippen molar-refractivity contribution in [3.8, 4) is 0 Å². The molecule has 0 radical (unpaired) electrons. The number of hydrogen-bond donors (Lipinski definition) is 1. The quantitative estimate of drug-likeness (QED) is 0.770. The predicted molar refractivity (Wildman–Crippen MR) is 106 cm³/mol. The van der Waals surface area contributed by atoms with Crippen molar-refractivity contribution >= 4 is 11.8 Å². The smallest absolute Gasteiger partial charge is 0.276 e. The molecular formula is C20H28N6O2. The van der Waals surface area contributed by atoms with E-state index in [0.29, 0.717) is 45.0 Å². The largest absolute Gasteiger partial charge is 0.353 e. The van der Waals surface area contributed by atoms with Gasteiger partial charge in [0.15, 0.2) is 5.69 Å². The molecule has 0 aliphatic carbocycles. The summed E-state index contributed by atoms with van der Waals surface area (Å²) in [5.74, 6) is -0.0685. The fraction of sp³-hybridized carbons (Fsp3) is 0.500. The van der Waals surface area contributed by atoms with E-state index >= 15 is 0 Å². The number of piperazine rings is 1. The summed E-state index contributed by atoms with van der Waals surface area (Å²) in [5.41, 5.74) is 1.47. The van der Waals surface area contributed by atoms with Gasteiger partial charge in [-0.05, 0) is 18.9 Å². The molecule has 1 saturated heterocycles. The highest BCUT2D eigenvalue weighted by Crippen LogP contribution is 2.08. The van der Waals surface area contributed by atoms with E-state index in [1.165, 1.54) is 0 Å². The van der Waals surface area contributed by atoms with E-state index in [-0.39, 0.29) is 17.9 Å². The van der Waals surface area contributed by atoms with Crippen LogP contribution in [0.4, 0.5) is 0 Å². The number of carbonyl (C=O) groups is 2. The van der Waals surface area contributed by atoms with Crippen molar-refractivity contribution in [2.24, 2.45) is 0 Å². The van der Waals surface area contributed by atoms with Gasteiger partial charge < -0.3 is 10.2 Å². The van der Waals surface area contributed by atoms with E-state index < -0.39 is 0 Å². The molecule has 1 aromatic heterocycles. The number of amides is 2. The first-order chi connectivity index (χ1) is 13.5. The predicted octanol–water partition coefficient (Wildman–Crippen LogP) is 0.999. The fourth-order valence-electron chi connectivity index (χ4n) is 3.14.